The molecule has 1 N–H and O–H groups in total. The largest absolute Gasteiger partial charge is 0.472 e. The Bertz CT molecular complexity index is 281. The standard InChI is InChI=1S/C13H21NO/c1-3-14-13(11-7-8-15-9-11)12-6-4-5-10(12)2/h7-10,12-14H,3-6H2,1-2H3. The second kappa shape index (κ2) is 4.84. The second-order valence-corrected chi connectivity index (χ2v) is 4.66. The molecule has 0 saturated heterocycles. The summed E-state index contributed by atoms with van der Waals surface area (Å²) in [5.41, 5.74) is 1.32. The molecule has 1 heterocycles. The maximum atomic E-state index is 5.20. The van der Waals surface area contributed by atoms with Crippen LogP contribution in [0.25, 0.3) is 0 Å². The van der Waals surface area contributed by atoms with Crippen LogP contribution < -0.4 is 5.32 Å². The lowest BCUT2D eigenvalue weighted by Crippen LogP contribution is -2.29. The van der Waals surface area contributed by atoms with E-state index < -0.39 is 0 Å². The molecule has 2 heteroatoms. The van der Waals surface area contributed by atoms with Gasteiger partial charge in [0.05, 0.1) is 12.5 Å². The summed E-state index contributed by atoms with van der Waals surface area (Å²) in [6.07, 6.45) is 7.78. The molecule has 0 radical (unpaired) electrons. The van der Waals surface area contributed by atoms with Crippen LogP contribution in [0.3, 0.4) is 0 Å². The summed E-state index contributed by atoms with van der Waals surface area (Å²) in [5, 5.41) is 3.60. The molecule has 1 saturated carbocycles. The Morgan fingerprint density at radius 3 is 2.93 bits per heavy atom. The van der Waals surface area contributed by atoms with Crippen molar-refractivity contribution in [2.45, 2.75) is 39.2 Å². The van der Waals surface area contributed by atoms with Gasteiger partial charge in [-0.15, -0.1) is 0 Å². The van der Waals surface area contributed by atoms with E-state index in [1.54, 1.807) is 6.26 Å². The highest BCUT2D eigenvalue weighted by Crippen LogP contribution is 2.40. The van der Waals surface area contributed by atoms with Crippen molar-refractivity contribution in [3.8, 4) is 0 Å². The van der Waals surface area contributed by atoms with Crippen LogP contribution in [0.5, 0.6) is 0 Å². The highest BCUT2D eigenvalue weighted by atomic mass is 16.3. The maximum Gasteiger partial charge on any atom is 0.0950 e. The Morgan fingerprint density at radius 2 is 2.40 bits per heavy atom. The summed E-state index contributed by atoms with van der Waals surface area (Å²) in [6.45, 7) is 5.58. The van der Waals surface area contributed by atoms with Crippen LogP contribution in [-0.2, 0) is 0 Å². The molecule has 15 heavy (non-hydrogen) atoms. The van der Waals surface area contributed by atoms with Crippen molar-refractivity contribution in [3.63, 3.8) is 0 Å². The van der Waals surface area contributed by atoms with Crippen molar-refractivity contribution in [2.24, 2.45) is 11.8 Å². The minimum atomic E-state index is 0.492. The fourth-order valence-corrected chi connectivity index (χ4v) is 2.86. The number of hydrogen-bond acceptors (Lipinski definition) is 2. The van der Waals surface area contributed by atoms with Crippen molar-refractivity contribution in [1.82, 2.24) is 5.32 Å². The number of rotatable bonds is 4. The van der Waals surface area contributed by atoms with Gasteiger partial charge in [0.15, 0.2) is 0 Å². The molecular weight excluding hydrogens is 186 g/mol. The quantitative estimate of drug-likeness (QED) is 0.819. The predicted molar refractivity (Wildman–Crippen MR) is 61.6 cm³/mol. The highest BCUT2D eigenvalue weighted by molar-refractivity contribution is 5.13. The third-order valence-electron chi connectivity index (χ3n) is 3.68. The van der Waals surface area contributed by atoms with Crippen LogP contribution in [0.1, 0.15) is 44.7 Å². The van der Waals surface area contributed by atoms with E-state index in [0.717, 1.165) is 18.4 Å². The van der Waals surface area contributed by atoms with Crippen LogP contribution in [0, 0.1) is 11.8 Å². The molecule has 1 fully saturated rings. The van der Waals surface area contributed by atoms with Crippen molar-refractivity contribution < 1.29 is 4.42 Å². The minimum absolute atomic E-state index is 0.492. The first kappa shape index (κ1) is 10.7. The lowest BCUT2D eigenvalue weighted by molar-refractivity contribution is 0.304. The lowest BCUT2D eigenvalue weighted by atomic mass is 9.87. The number of furan rings is 1. The summed E-state index contributed by atoms with van der Waals surface area (Å²) in [7, 11) is 0. The normalized spacial score (nSPS) is 28.1. The molecule has 1 aromatic rings. The monoisotopic (exact) mass is 207 g/mol. The van der Waals surface area contributed by atoms with Gasteiger partial charge in [-0.25, -0.2) is 0 Å². The van der Waals surface area contributed by atoms with Gasteiger partial charge in [0.25, 0.3) is 0 Å². The summed E-state index contributed by atoms with van der Waals surface area (Å²) >= 11 is 0. The molecule has 3 atom stereocenters. The Labute approximate surface area is 92.1 Å². The summed E-state index contributed by atoms with van der Waals surface area (Å²) < 4.78 is 5.20. The minimum Gasteiger partial charge on any atom is -0.472 e. The van der Waals surface area contributed by atoms with E-state index in [0.29, 0.717) is 6.04 Å². The van der Waals surface area contributed by atoms with Gasteiger partial charge in [0, 0.05) is 11.6 Å². The number of hydrogen-bond donors (Lipinski definition) is 1. The fourth-order valence-electron chi connectivity index (χ4n) is 2.86. The maximum absolute atomic E-state index is 5.20. The Balaban J connectivity index is 2.12. The first-order chi connectivity index (χ1) is 7.33. The van der Waals surface area contributed by atoms with E-state index in [1.807, 2.05) is 6.26 Å². The van der Waals surface area contributed by atoms with Gasteiger partial charge in [0.1, 0.15) is 0 Å². The fraction of sp³-hybridized carbons (Fsp3) is 0.692. The van der Waals surface area contributed by atoms with Gasteiger partial charge >= 0.3 is 0 Å². The zero-order chi connectivity index (χ0) is 10.7. The second-order valence-electron chi connectivity index (χ2n) is 4.66. The smallest absolute Gasteiger partial charge is 0.0950 e. The molecule has 84 valence electrons. The van der Waals surface area contributed by atoms with Crippen molar-refractivity contribution in [1.29, 1.82) is 0 Å². The predicted octanol–water partition coefficient (Wildman–Crippen LogP) is 3.37. The van der Waals surface area contributed by atoms with Gasteiger partial charge in [0.2, 0.25) is 0 Å². The van der Waals surface area contributed by atoms with Gasteiger partial charge in [-0.3, -0.25) is 0 Å². The van der Waals surface area contributed by atoms with E-state index in [9.17, 15) is 0 Å². The van der Waals surface area contributed by atoms with E-state index in [2.05, 4.69) is 25.2 Å². The SMILES string of the molecule is CCNC(c1ccoc1)C1CCCC1C. The molecule has 2 rings (SSSR count). The molecule has 0 amide bonds. The Kier molecular flexibility index (Phi) is 3.47. The first-order valence-corrected chi connectivity index (χ1v) is 6.08. The van der Waals surface area contributed by atoms with Crippen LogP contribution in [0.2, 0.25) is 0 Å². The van der Waals surface area contributed by atoms with Crippen molar-refractivity contribution >= 4 is 0 Å². The molecule has 1 aliphatic rings. The summed E-state index contributed by atoms with van der Waals surface area (Å²) in [4.78, 5) is 0. The molecule has 0 aromatic carbocycles. The topological polar surface area (TPSA) is 25.2 Å². The van der Waals surface area contributed by atoms with Crippen molar-refractivity contribution in [3.05, 3.63) is 24.2 Å². The molecular formula is C13H21NO. The van der Waals surface area contributed by atoms with E-state index in [1.165, 1.54) is 24.8 Å². The van der Waals surface area contributed by atoms with Crippen molar-refractivity contribution in [2.75, 3.05) is 6.54 Å². The lowest BCUT2D eigenvalue weighted by Gasteiger charge is -2.26. The molecule has 3 unspecified atom stereocenters. The van der Waals surface area contributed by atoms with Crippen LogP contribution in [0.4, 0.5) is 0 Å². The average Bonchev–Trinajstić information content (AvgIpc) is 2.85. The zero-order valence-corrected chi connectivity index (χ0v) is 9.70. The summed E-state index contributed by atoms with van der Waals surface area (Å²) in [6, 6.07) is 2.59. The Morgan fingerprint density at radius 1 is 1.53 bits per heavy atom. The molecule has 2 nitrogen and oxygen atoms in total. The molecule has 0 spiro atoms. The third kappa shape index (κ3) is 2.25. The van der Waals surface area contributed by atoms with Crippen LogP contribution in [0.15, 0.2) is 23.0 Å². The highest BCUT2D eigenvalue weighted by Gasteiger charge is 2.31. The molecule has 0 aliphatic heterocycles. The van der Waals surface area contributed by atoms with E-state index >= 15 is 0 Å². The van der Waals surface area contributed by atoms with E-state index in [-0.39, 0.29) is 0 Å². The number of nitrogens with one attached hydrogen (secondary N) is 1. The van der Waals surface area contributed by atoms with Gasteiger partial charge < -0.3 is 9.73 Å². The molecule has 0 bridgehead atoms. The van der Waals surface area contributed by atoms with Gasteiger partial charge in [-0.1, -0.05) is 26.7 Å². The van der Waals surface area contributed by atoms with Gasteiger partial charge in [-0.05, 0) is 30.9 Å². The molecule has 1 aromatic heterocycles. The van der Waals surface area contributed by atoms with Crippen LogP contribution >= 0.6 is 0 Å². The molecule has 1 aliphatic carbocycles. The summed E-state index contributed by atoms with van der Waals surface area (Å²) in [5.74, 6) is 1.62. The average molecular weight is 207 g/mol. The Hall–Kier alpha value is -0.760. The van der Waals surface area contributed by atoms with Crippen LogP contribution in [-0.4, -0.2) is 6.54 Å². The van der Waals surface area contributed by atoms with Gasteiger partial charge in [-0.2, -0.15) is 0 Å². The zero-order valence-electron chi connectivity index (χ0n) is 9.70. The first-order valence-electron chi connectivity index (χ1n) is 6.08. The van der Waals surface area contributed by atoms with E-state index in [4.69, 9.17) is 4.42 Å². The third-order valence-corrected chi connectivity index (χ3v) is 3.68.